The lowest BCUT2D eigenvalue weighted by molar-refractivity contribution is 0.159. The van der Waals surface area contributed by atoms with Crippen LogP contribution in [0.1, 0.15) is 6.42 Å². The van der Waals surface area contributed by atoms with Gasteiger partial charge in [-0.2, -0.15) is 0 Å². The summed E-state index contributed by atoms with van der Waals surface area (Å²) in [6.07, 6.45) is 0.923. The number of benzene rings is 1. The zero-order valence-electron chi connectivity index (χ0n) is 13.2. The van der Waals surface area contributed by atoms with Gasteiger partial charge in [0.1, 0.15) is 0 Å². The van der Waals surface area contributed by atoms with E-state index >= 15 is 0 Å². The molecule has 2 saturated heterocycles. The Morgan fingerprint density at radius 3 is 2.17 bits per heavy atom. The summed E-state index contributed by atoms with van der Waals surface area (Å²) in [4.78, 5) is 18.4. The van der Waals surface area contributed by atoms with Gasteiger partial charge in [-0.1, -0.05) is 18.2 Å². The lowest BCUT2D eigenvalue weighted by atomic mass is 10.3. The molecule has 1 aromatic rings. The molecule has 0 spiro atoms. The van der Waals surface area contributed by atoms with Crippen LogP contribution in [0.3, 0.4) is 0 Å². The van der Waals surface area contributed by atoms with Gasteiger partial charge in [0, 0.05) is 45.0 Å². The number of carbonyl (C=O) groups excluding carboxylic acids is 1. The Balaban J connectivity index is 1.59. The molecular weight excluding hydrogens is 314 g/mol. The Hall–Kier alpha value is -1.76. The van der Waals surface area contributed by atoms with Gasteiger partial charge in [0.25, 0.3) is 0 Å². The molecule has 0 bridgehead atoms. The van der Waals surface area contributed by atoms with E-state index in [0.717, 1.165) is 26.1 Å². The minimum atomic E-state index is -2.95. The van der Waals surface area contributed by atoms with E-state index in [9.17, 15) is 13.2 Å². The summed E-state index contributed by atoms with van der Waals surface area (Å²) in [6, 6.07) is 10.2. The van der Waals surface area contributed by atoms with Crippen molar-refractivity contribution in [3.8, 4) is 0 Å². The third-order valence-electron chi connectivity index (χ3n) is 4.50. The van der Waals surface area contributed by atoms with Gasteiger partial charge in [0.2, 0.25) is 0 Å². The van der Waals surface area contributed by atoms with Crippen LogP contribution in [0.2, 0.25) is 0 Å². The van der Waals surface area contributed by atoms with Crippen molar-refractivity contribution in [1.82, 2.24) is 9.80 Å². The summed E-state index contributed by atoms with van der Waals surface area (Å²) < 4.78 is 23.0. The third kappa shape index (κ3) is 3.96. The van der Waals surface area contributed by atoms with Gasteiger partial charge in [-0.3, -0.25) is 0 Å². The Kier molecular flexibility index (Phi) is 4.75. The van der Waals surface area contributed by atoms with Crippen molar-refractivity contribution in [2.45, 2.75) is 6.42 Å². The lowest BCUT2D eigenvalue weighted by Gasteiger charge is -2.32. The molecule has 0 aromatic heterocycles. The van der Waals surface area contributed by atoms with E-state index in [1.165, 1.54) is 5.69 Å². The van der Waals surface area contributed by atoms with Crippen molar-refractivity contribution in [3.05, 3.63) is 30.3 Å². The van der Waals surface area contributed by atoms with Crippen molar-refractivity contribution in [2.75, 3.05) is 55.7 Å². The van der Waals surface area contributed by atoms with E-state index in [-0.39, 0.29) is 17.5 Å². The fraction of sp³-hybridized carbons (Fsp3) is 0.562. The molecule has 2 heterocycles. The minimum absolute atomic E-state index is 0.0187. The molecule has 2 aliphatic heterocycles. The number of nitrogens with zero attached hydrogens (tertiary/aromatic N) is 3. The van der Waals surface area contributed by atoms with E-state index in [4.69, 9.17) is 0 Å². The van der Waals surface area contributed by atoms with Gasteiger partial charge in [0.05, 0.1) is 11.5 Å². The van der Waals surface area contributed by atoms with Crippen LogP contribution in [0.5, 0.6) is 0 Å². The predicted octanol–water partition coefficient (Wildman–Crippen LogP) is 1.05. The SMILES string of the molecule is O=C(N1CCCN(c2ccccc2)CC1)N1CCS(=O)(=O)CC1. The molecule has 0 N–H and O–H groups in total. The molecule has 7 heteroatoms. The lowest BCUT2D eigenvalue weighted by Crippen LogP contribution is -2.50. The van der Waals surface area contributed by atoms with Gasteiger partial charge < -0.3 is 14.7 Å². The Bertz CT molecular complexity index is 634. The van der Waals surface area contributed by atoms with Gasteiger partial charge in [0.15, 0.2) is 9.84 Å². The number of anilines is 1. The minimum Gasteiger partial charge on any atom is -0.370 e. The van der Waals surface area contributed by atoms with Gasteiger partial charge in [-0.05, 0) is 18.6 Å². The molecule has 0 atom stereocenters. The second kappa shape index (κ2) is 6.78. The molecule has 0 aliphatic carbocycles. The number of para-hydroxylation sites is 1. The average Bonchev–Trinajstić information content (AvgIpc) is 2.81. The fourth-order valence-electron chi connectivity index (χ4n) is 3.11. The first kappa shape index (κ1) is 16.1. The Morgan fingerprint density at radius 1 is 0.826 bits per heavy atom. The van der Waals surface area contributed by atoms with Crippen molar-refractivity contribution >= 4 is 21.6 Å². The van der Waals surface area contributed by atoms with Crippen molar-refractivity contribution in [2.24, 2.45) is 0 Å². The summed E-state index contributed by atoms with van der Waals surface area (Å²) in [5.41, 5.74) is 1.19. The van der Waals surface area contributed by atoms with Crippen molar-refractivity contribution in [3.63, 3.8) is 0 Å². The highest BCUT2D eigenvalue weighted by Crippen LogP contribution is 2.17. The molecule has 3 rings (SSSR count). The monoisotopic (exact) mass is 337 g/mol. The van der Waals surface area contributed by atoms with Crippen LogP contribution in [-0.4, -0.2) is 75.0 Å². The third-order valence-corrected chi connectivity index (χ3v) is 6.11. The van der Waals surface area contributed by atoms with Gasteiger partial charge in [-0.15, -0.1) is 0 Å². The van der Waals surface area contributed by atoms with E-state index < -0.39 is 9.84 Å². The highest BCUT2D eigenvalue weighted by Gasteiger charge is 2.29. The molecule has 0 unspecified atom stereocenters. The van der Waals surface area contributed by atoms with E-state index in [1.54, 1.807) is 4.90 Å². The highest BCUT2D eigenvalue weighted by molar-refractivity contribution is 7.91. The first-order valence-electron chi connectivity index (χ1n) is 8.09. The quantitative estimate of drug-likeness (QED) is 0.768. The predicted molar refractivity (Wildman–Crippen MR) is 90.5 cm³/mol. The molecule has 1 aromatic carbocycles. The Morgan fingerprint density at radius 2 is 1.48 bits per heavy atom. The number of carbonyl (C=O) groups is 1. The normalized spacial score (nSPS) is 21.8. The summed E-state index contributed by atoms with van der Waals surface area (Å²) in [5.74, 6) is 0.172. The second-order valence-electron chi connectivity index (χ2n) is 6.08. The molecule has 126 valence electrons. The van der Waals surface area contributed by atoms with Crippen LogP contribution in [-0.2, 0) is 9.84 Å². The van der Waals surface area contributed by atoms with Gasteiger partial charge >= 0.3 is 6.03 Å². The fourth-order valence-corrected chi connectivity index (χ4v) is 4.31. The molecule has 0 saturated carbocycles. The maximum atomic E-state index is 12.6. The average molecular weight is 337 g/mol. The van der Waals surface area contributed by atoms with Crippen LogP contribution in [0, 0.1) is 0 Å². The van der Waals surface area contributed by atoms with Crippen LogP contribution in [0.15, 0.2) is 30.3 Å². The first-order chi connectivity index (χ1) is 11.1. The van der Waals surface area contributed by atoms with E-state index in [2.05, 4.69) is 17.0 Å². The molecule has 23 heavy (non-hydrogen) atoms. The van der Waals surface area contributed by atoms with Crippen molar-refractivity contribution < 1.29 is 13.2 Å². The first-order valence-corrected chi connectivity index (χ1v) is 9.92. The van der Waals surface area contributed by atoms with Crippen LogP contribution < -0.4 is 4.90 Å². The second-order valence-corrected chi connectivity index (χ2v) is 8.39. The number of sulfone groups is 1. The zero-order valence-corrected chi connectivity index (χ0v) is 14.0. The summed E-state index contributed by atoms with van der Waals surface area (Å²) in [6.45, 7) is 3.78. The number of urea groups is 1. The highest BCUT2D eigenvalue weighted by atomic mass is 32.2. The molecule has 2 aliphatic rings. The number of hydrogen-bond acceptors (Lipinski definition) is 4. The van der Waals surface area contributed by atoms with E-state index in [1.807, 2.05) is 23.1 Å². The number of amides is 2. The summed E-state index contributed by atoms with van der Waals surface area (Å²) >= 11 is 0. The smallest absolute Gasteiger partial charge is 0.320 e. The maximum absolute atomic E-state index is 12.6. The Labute approximate surface area is 137 Å². The van der Waals surface area contributed by atoms with Crippen LogP contribution in [0.4, 0.5) is 10.5 Å². The van der Waals surface area contributed by atoms with Crippen LogP contribution >= 0.6 is 0 Å². The molecule has 2 amide bonds. The van der Waals surface area contributed by atoms with Crippen molar-refractivity contribution in [1.29, 1.82) is 0 Å². The topological polar surface area (TPSA) is 60.9 Å². The largest absolute Gasteiger partial charge is 0.370 e. The number of rotatable bonds is 1. The summed E-state index contributed by atoms with van der Waals surface area (Å²) in [7, 11) is -2.95. The van der Waals surface area contributed by atoms with E-state index in [0.29, 0.717) is 19.6 Å². The standard InChI is InChI=1S/C16H23N3O3S/c20-16(19-11-13-23(21,22)14-12-19)18-8-4-7-17(9-10-18)15-5-2-1-3-6-15/h1-3,5-6H,4,7-14H2. The zero-order chi connectivity index (χ0) is 16.3. The molecule has 2 fully saturated rings. The van der Waals surface area contributed by atoms with Gasteiger partial charge in [-0.25, -0.2) is 13.2 Å². The molecular formula is C16H23N3O3S. The van der Waals surface area contributed by atoms with Crippen LogP contribution in [0.25, 0.3) is 0 Å². The molecule has 6 nitrogen and oxygen atoms in total. The maximum Gasteiger partial charge on any atom is 0.320 e. The molecule has 0 radical (unpaired) electrons. The summed E-state index contributed by atoms with van der Waals surface area (Å²) in [5, 5.41) is 0. The number of hydrogen-bond donors (Lipinski definition) is 0.